The predicted octanol–water partition coefficient (Wildman–Crippen LogP) is 0.411. The van der Waals surface area contributed by atoms with Gasteiger partial charge in [-0.25, -0.2) is 19.6 Å². The molecule has 0 saturated carbocycles. The number of carbonyl (C=O) groups excluding carboxylic acids is 2. The van der Waals surface area contributed by atoms with Gasteiger partial charge in [-0.1, -0.05) is 0 Å². The molecule has 0 aliphatic rings. The highest BCUT2D eigenvalue weighted by Gasteiger charge is 1.92. The zero-order valence-corrected chi connectivity index (χ0v) is 5.76. The van der Waals surface area contributed by atoms with E-state index in [4.69, 9.17) is 0 Å². The van der Waals surface area contributed by atoms with Crippen LogP contribution in [0.2, 0.25) is 0 Å². The maximum atomic E-state index is 9.74. The molecule has 0 amide bonds. The van der Waals surface area contributed by atoms with Gasteiger partial charge in [0.25, 0.3) is 0 Å². The summed E-state index contributed by atoms with van der Waals surface area (Å²) >= 11 is 0. The Morgan fingerprint density at radius 3 is 1.67 bits per heavy atom. The Bertz CT molecular complexity index is 323. The highest BCUT2D eigenvalue weighted by Crippen LogP contribution is 2.08. The first-order chi connectivity index (χ1) is 5.86. The molecule has 0 fully saturated rings. The van der Waals surface area contributed by atoms with E-state index in [9.17, 15) is 9.59 Å². The molecule has 6 nitrogen and oxygen atoms in total. The van der Waals surface area contributed by atoms with Crippen molar-refractivity contribution < 1.29 is 9.59 Å². The van der Waals surface area contributed by atoms with Crippen molar-refractivity contribution in [3.05, 3.63) is 12.4 Å². The predicted molar refractivity (Wildman–Crippen MR) is 37.6 cm³/mol. The Kier molecular flexibility index (Phi) is 2.57. The molecule has 0 atom stereocenters. The molecule has 0 radical (unpaired) electrons. The van der Waals surface area contributed by atoms with E-state index in [-0.39, 0.29) is 11.6 Å². The van der Waals surface area contributed by atoms with Crippen LogP contribution >= 0.6 is 0 Å². The average molecular weight is 162 g/mol. The molecular weight excluding hydrogens is 160 g/mol. The monoisotopic (exact) mass is 162 g/mol. The van der Waals surface area contributed by atoms with Crippen LogP contribution < -0.4 is 0 Å². The van der Waals surface area contributed by atoms with E-state index in [0.29, 0.717) is 0 Å². The van der Waals surface area contributed by atoms with Crippen LogP contribution in [0.5, 0.6) is 0 Å². The van der Waals surface area contributed by atoms with Gasteiger partial charge in [0.05, 0.1) is 12.4 Å². The van der Waals surface area contributed by atoms with Crippen LogP contribution in [-0.2, 0) is 9.59 Å². The first-order valence-electron chi connectivity index (χ1n) is 2.84. The second-order valence-electron chi connectivity index (χ2n) is 1.64. The lowest BCUT2D eigenvalue weighted by Crippen LogP contribution is -1.77. The zero-order valence-electron chi connectivity index (χ0n) is 5.76. The molecule has 1 heterocycles. The van der Waals surface area contributed by atoms with Crippen LogP contribution in [-0.4, -0.2) is 22.1 Å². The summed E-state index contributed by atoms with van der Waals surface area (Å²) in [5, 5.41) is 0. The quantitative estimate of drug-likeness (QED) is 0.465. The van der Waals surface area contributed by atoms with Gasteiger partial charge in [0.1, 0.15) is 0 Å². The maximum absolute atomic E-state index is 9.74. The molecule has 12 heavy (non-hydrogen) atoms. The standard InChI is InChI=1S/C6H2N4O2/c11-3-9-5-1-7-6(2-8-5)10-4-12/h1-2H. The van der Waals surface area contributed by atoms with Gasteiger partial charge in [0, 0.05) is 0 Å². The summed E-state index contributed by atoms with van der Waals surface area (Å²) in [7, 11) is 0. The largest absolute Gasteiger partial charge is 0.242 e. The third-order valence-electron chi connectivity index (χ3n) is 0.945. The minimum absolute atomic E-state index is 0.120. The summed E-state index contributed by atoms with van der Waals surface area (Å²) in [6.45, 7) is 0. The van der Waals surface area contributed by atoms with Gasteiger partial charge < -0.3 is 0 Å². The third kappa shape index (κ3) is 1.91. The third-order valence-corrected chi connectivity index (χ3v) is 0.945. The molecule has 1 rings (SSSR count). The molecule has 1 aromatic heterocycles. The fourth-order valence-corrected chi connectivity index (χ4v) is 0.523. The zero-order chi connectivity index (χ0) is 8.81. The highest BCUT2D eigenvalue weighted by atomic mass is 16.1. The number of aromatic nitrogens is 2. The summed E-state index contributed by atoms with van der Waals surface area (Å²) in [4.78, 5) is 33.1. The smallest absolute Gasteiger partial charge is 0.231 e. The molecule has 6 heteroatoms. The molecule has 0 aromatic carbocycles. The number of rotatable bonds is 2. The molecule has 0 N–H and O–H groups in total. The topological polar surface area (TPSA) is 84.6 Å². The number of aliphatic imine (C=N–C) groups is 2. The molecule has 0 unspecified atom stereocenters. The van der Waals surface area contributed by atoms with Gasteiger partial charge >= 0.3 is 0 Å². The summed E-state index contributed by atoms with van der Waals surface area (Å²) in [6.07, 6.45) is 4.99. The van der Waals surface area contributed by atoms with Gasteiger partial charge in [-0.2, -0.15) is 0 Å². The molecular formula is C6H2N4O2. The SMILES string of the molecule is O=C=Nc1cnc(N=C=O)cn1. The number of hydrogen-bond acceptors (Lipinski definition) is 6. The number of nitrogens with zero attached hydrogens (tertiary/aromatic N) is 4. The lowest BCUT2D eigenvalue weighted by molar-refractivity contribution is 0.564. The van der Waals surface area contributed by atoms with E-state index in [1.165, 1.54) is 24.6 Å². The van der Waals surface area contributed by atoms with E-state index >= 15 is 0 Å². The second-order valence-corrected chi connectivity index (χ2v) is 1.64. The summed E-state index contributed by atoms with van der Waals surface area (Å²) in [5.41, 5.74) is 0. The van der Waals surface area contributed by atoms with Crippen molar-refractivity contribution in [1.29, 1.82) is 0 Å². The summed E-state index contributed by atoms with van der Waals surface area (Å²) in [6, 6.07) is 0. The number of hydrogen-bond donors (Lipinski definition) is 0. The number of isocyanates is 2. The molecule has 0 saturated heterocycles. The molecule has 0 aliphatic carbocycles. The summed E-state index contributed by atoms with van der Waals surface area (Å²) in [5.74, 6) is 0.240. The average Bonchev–Trinajstić information content (AvgIpc) is 2.09. The Hall–Kier alpha value is -2.16. The lowest BCUT2D eigenvalue weighted by atomic mass is 10.6. The molecule has 0 bridgehead atoms. The first-order valence-corrected chi connectivity index (χ1v) is 2.84. The van der Waals surface area contributed by atoms with Crippen LogP contribution in [0.1, 0.15) is 0 Å². The van der Waals surface area contributed by atoms with Crippen molar-refractivity contribution in [3.63, 3.8) is 0 Å². The van der Waals surface area contributed by atoms with Crippen molar-refractivity contribution in [2.75, 3.05) is 0 Å². The van der Waals surface area contributed by atoms with Crippen LogP contribution in [0.15, 0.2) is 22.4 Å². The van der Waals surface area contributed by atoms with Crippen molar-refractivity contribution in [3.8, 4) is 0 Å². The van der Waals surface area contributed by atoms with Crippen molar-refractivity contribution in [1.82, 2.24) is 9.97 Å². The van der Waals surface area contributed by atoms with Crippen molar-refractivity contribution in [2.24, 2.45) is 9.98 Å². The molecule has 0 aliphatic heterocycles. The Labute approximate surface area is 66.7 Å². The maximum Gasteiger partial charge on any atom is 0.242 e. The minimum atomic E-state index is 0.120. The Morgan fingerprint density at radius 2 is 1.42 bits per heavy atom. The van der Waals surface area contributed by atoms with Crippen LogP contribution in [0.3, 0.4) is 0 Å². The van der Waals surface area contributed by atoms with Crippen LogP contribution in [0.25, 0.3) is 0 Å². The Balaban J connectivity index is 2.99. The van der Waals surface area contributed by atoms with Gasteiger partial charge in [-0.15, -0.1) is 9.98 Å². The Morgan fingerprint density at radius 1 is 1.00 bits per heavy atom. The van der Waals surface area contributed by atoms with Gasteiger partial charge in [0.2, 0.25) is 12.2 Å². The molecule has 58 valence electrons. The summed E-state index contributed by atoms with van der Waals surface area (Å²) < 4.78 is 0. The first kappa shape index (κ1) is 7.94. The molecule has 0 spiro atoms. The minimum Gasteiger partial charge on any atom is -0.231 e. The second kappa shape index (κ2) is 3.88. The van der Waals surface area contributed by atoms with Crippen LogP contribution in [0, 0.1) is 0 Å². The van der Waals surface area contributed by atoms with Gasteiger partial charge in [-0.3, -0.25) is 0 Å². The van der Waals surface area contributed by atoms with E-state index < -0.39 is 0 Å². The van der Waals surface area contributed by atoms with E-state index in [1.807, 2.05) is 0 Å². The van der Waals surface area contributed by atoms with Crippen LogP contribution in [0.4, 0.5) is 11.6 Å². The normalized spacial score (nSPS) is 8.00. The van der Waals surface area contributed by atoms with E-state index in [2.05, 4.69) is 20.0 Å². The van der Waals surface area contributed by atoms with Crippen molar-refractivity contribution >= 4 is 23.8 Å². The fraction of sp³-hybridized carbons (Fsp3) is 0. The van der Waals surface area contributed by atoms with E-state index in [0.717, 1.165) is 0 Å². The van der Waals surface area contributed by atoms with Crippen molar-refractivity contribution in [2.45, 2.75) is 0 Å². The van der Waals surface area contributed by atoms with E-state index in [1.54, 1.807) is 0 Å². The van der Waals surface area contributed by atoms with Gasteiger partial charge in [-0.05, 0) is 0 Å². The lowest BCUT2D eigenvalue weighted by Gasteiger charge is -1.87. The highest BCUT2D eigenvalue weighted by molar-refractivity contribution is 5.46. The van der Waals surface area contributed by atoms with Gasteiger partial charge in [0.15, 0.2) is 11.6 Å². The fourth-order valence-electron chi connectivity index (χ4n) is 0.523. The molecule has 1 aromatic rings.